The van der Waals surface area contributed by atoms with Gasteiger partial charge in [-0.1, -0.05) is 19.3 Å². The van der Waals surface area contributed by atoms with E-state index in [0.29, 0.717) is 17.0 Å². The summed E-state index contributed by atoms with van der Waals surface area (Å²) in [7, 11) is 0. The largest absolute Gasteiger partial charge is 0.462 e. The van der Waals surface area contributed by atoms with Crippen LogP contribution in [0.3, 0.4) is 0 Å². The molecule has 1 aliphatic rings. The number of nitrogens with two attached hydrogens (primary N) is 1. The molecule has 0 spiro atoms. The summed E-state index contributed by atoms with van der Waals surface area (Å²) in [6, 6.07) is 2.50. The van der Waals surface area contributed by atoms with Gasteiger partial charge in [-0.2, -0.15) is 0 Å². The van der Waals surface area contributed by atoms with Crippen molar-refractivity contribution in [3.8, 4) is 0 Å². The maximum absolute atomic E-state index is 13.2. The third-order valence-corrected chi connectivity index (χ3v) is 4.14. The van der Waals surface area contributed by atoms with Crippen molar-refractivity contribution in [2.24, 2.45) is 5.92 Å². The molecule has 1 aromatic carbocycles. The molecule has 0 heterocycles. The van der Waals surface area contributed by atoms with Gasteiger partial charge in [-0.15, -0.1) is 0 Å². The standard InChI is InChI=1S/C14H17BrFNO2/c15-11-7-12(16)13(17)6-10(11)14(18)19-8-9-4-2-1-3-5-9/h6-7,9H,1-5,8,17H2. The predicted molar refractivity (Wildman–Crippen MR) is 75.4 cm³/mol. The Morgan fingerprint density at radius 2 is 2.05 bits per heavy atom. The molecule has 0 unspecified atom stereocenters. The fourth-order valence-electron chi connectivity index (χ4n) is 2.35. The fourth-order valence-corrected chi connectivity index (χ4v) is 2.82. The molecule has 104 valence electrons. The molecule has 0 saturated heterocycles. The van der Waals surface area contributed by atoms with Crippen LogP contribution >= 0.6 is 15.9 Å². The number of anilines is 1. The van der Waals surface area contributed by atoms with Crippen molar-refractivity contribution < 1.29 is 13.9 Å². The van der Waals surface area contributed by atoms with Crippen LogP contribution in [0.15, 0.2) is 16.6 Å². The second kappa shape index (κ2) is 6.37. The molecule has 2 N–H and O–H groups in total. The van der Waals surface area contributed by atoms with Gasteiger partial charge in [0.1, 0.15) is 5.82 Å². The molecule has 0 bridgehead atoms. The first kappa shape index (κ1) is 14.3. The van der Waals surface area contributed by atoms with Gasteiger partial charge in [0.25, 0.3) is 0 Å². The summed E-state index contributed by atoms with van der Waals surface area (Å²) in [5.41, 5.74) is 5.69. The predicted octanol–water partition coefficient (Wildman–Crippen LogP) is 3.91. The summed E-state index contributed by atoms with van der Waals surface area (Å²) < 4.78 is 18.9. The Hall–Kier alpha value is -1.10. The molecule has 1 saturated carbocycles. The quantitative estimate of drug-likeness (QED) is 0.675. The first-order valence-corrected chi connectivity index (χ1v) is 7.29. The average Bonchev–Trinajstić information content (AvgIpc) is 2.41. The van der Waals surface area contributed by atoms with Gasteiger partial charge in [-0.3, -0.25) is 0 Å². The van der Waals surface area contributed by atoms with E-state index < -0.39 is 11.8 Å². The number of halogens is 2. The smallest absolute Gasteiger partial charge is 0.339 e. The van der Waals surface area contributed by atoms with Crippen molar-refractivity contribution in [2.45, 2.75) is 32.1 Å². The summed E-state index contributed by atoms with van der Waals surface area (Å²) in [6.07, 6.45) is 5.90. The van der Waals surface area contributed by atoms with Crippen molar-refractivity contribution in [1.29, 1.82) is 0 Å². The molecule has 19 heavy (non-hydrogen) atoms. The summed E-state index contributed by atoms with van der Waals surface area (Å²) >= 11 is 3.15. The lowest BCUT2D eigenvalue weighted by Crippen LogP contribution is -2.17. The number of esters is 1. The second-order valence-electron chi connectivity index (χ2n) is 4.96. The highest BCUT2D eigenvalue weighted by Gasteiger charge is 2.18. The molecule has 1 aromatic rings. The number of carbonyl (C=O) groups excluding carboxylic acids is 1. The van der Waals surface area contributed by atoms with Crippen molar-refractivity contribution in [3.63, 3.8) is 0 Å². The van der Waals surface area contributed by atoms with E-state index in [1.165, 1.54) is 31.4 Å². The molecule has 1 fully saturated rings. The zero-order valence-corrected chi connectivity index (χ0v) is 12.2. The van der Waals surface area contributed by atoms with Crippen LogP contribution in [0.1, 0.15) is 42.5 Å². The molecule has 3 nitrogen and oxygen atoms in total. The molecule has 1 aliphatic carbocycles. The van der Waals surface area contributed by atoms with E-state index in [1.807, 2.05) is 0 Å². The number of carbonyl (C=O) groups is 1. The Bertz CT molecular complexity index is 473. The Balaban J connectivity index is 1.97. The molecule has 2 rings (SSSR count). The van der Waals surface area contributed by atoms with Crippen LogP contribution in [0.4, 0.5) is 10.1 Å². The van der Waals surface area contributed by atoms with E-state index in [4.69, 9.17) is 10.5 Å². The molecule has 0 amide bonds. The molecular weight excluding hydrogens is 313 g/mol. The van der Waals surface area contributed by atoms with Crippen LogP contribution in [0.2, 0.25) is 0 Å². The van der Waals surface area contributed by atoms with Crippen LogP contribution in [0.25, 0.3) is 0 Å². The monoisotopic (exact) mass is 329 g/mol. The van der Waals surface area contributed by atoms with E-state index in [0.717, 1.165) is 12.8 Å². The summed E-state index contributed by atoms with van der Waals surface area (Å²) in [4.78, 5) is 11.9. The number of hydrogen-bond donors (Lipinski definition) is 1. The zero-order chi connectivity index (χ0) is 13.8. The highest BCUT2D eigenvalue weighted by molar-refractivity contribution is 9.10. The van der Waals surface area contributed by atoms with Gasteiger partial charge < -0.3 is 10.5 Å². The minimum atomic E-state index is -0.546. The third kappa shape index (κ3) is 3.69. The van der Waals surface area contributed by atoms with E-state index in [2.05, 4.69) is 15.9 Å². The number of benzene rings is 1. The first-order chi connectivity index (χ1) is 9.08. The highest BCUT2D eigenvalue weighted by atomic mass is 79.9. The van der Waals surface area contributed by atoms with Gasteiger partial charge in [-0.05, 0) is 46.8 Å². The number of ether oxygens (including phenoxy) is 1. The summed E-state index contributed by atoms with van der Waals surface area (Å²) in [6.45, 7) is 0.433. The topological polar surface area (TPSA) is 52.3 Å². The average molecular weight is 330 g/mol. The van der Waals surface area contributed by atoms with Crippen molar-refractivity contribution >= 4 is 27.6 Å². The lowest BCUT2D eigenvalue weighted by atomic mass is 9.90. The molecule has 5 heteroatoms. The van der Waals surface area contributed by atoms with Gasteiger partial charge in [0.15, 0.2) is 0 Å². The maximum atomic E-state index is 13.2. The van der Waals surface area contributed by atoms with Crippen molar-refractivity contribution in [3.05, 3.63) is 28.0 Å². The maximum Gasteiger partial charge on any atom is 0.339 e. The minimum Gasteiger partial charge on any atom is -0.462 e. The van der Waals surface area contributed by atoms with Crippen LogP contribution < -0.4 is 5.73 Å². The normalized spacial score (nSPS) is 16.3. The molecular formula is C14H17BrFNO2. The van der Waals surface area contributed by atoms with Gasteiger partial charge in [0.2, 0.25) is 0 Å². The summed E-state index contributed by atoms with van der Waals surface area (Å²) in [5, 5.41) is 0. The van der Waals surface area contributed by atoms with Gasteiger partial charge in [-0.25, -0.2) is 9.18 Å². The van der Waals surface area contributed by atoms with E-state index in [-0.39, 0.29) is 11.3 Å². The van der Waals surface area contributed by atoms with Crippen molar-refractivity contribution in [2.75, 3.05) is 12.3 Å². The van der Waals surface area contributed by atoms with E-state index in [9.17, 15) is 9.18 Å². The SMILES string of the molecule is Nc1cc(C(=O)OCC2CCCCC2)c(Br)cc1F. The fraction of sp³-hybridized carbons (Fsp3) is 0.500. The van der Waals surface area contributed by atoms with Gasteiger partial charge in [0, 0.05) is 4.47 Å². The van der Waals surface area contributed by atoms with Crippen molar-refractivity contribution in [1.82, 2.24) is 0 Å². The Morgan fingerprint density at radius 3 is 2.74 bits per heavy atom. The Labute approximate surface area is 120 Å². The minimum absolute atomic E-state index is 0.0483. The molecule has 0 radical (unpaired) electrons. The van der Waals surface area contributed by atoms with E-state index in [1.54, 1.807) is 0 Å². The lowest BCUT2D eigenvalue weighted by Gasteiger charge is -2.21. The van der Waals surface area contributed by atoms with Gasteiger partial charge in [0.05, 0.1) is 17.9 Å². The lowest BCUT2D eigenvalue weighted by molar-refractivity contribution is 0.0409. The molecule has 0 aromatic heterocycles. The van der Waals surface area contributed by atoms with Crippen LogP contribution in [0.5, 0.6) is 0 Å². The van der Waals surface area contributed by atoms with Gasteiger partial charge >= 0.3 is 5.97 Å². The zero-order valence-electron chi connectivity index (χ0n) is 10.6. The van der Waals surface area contributed by atoms with E-state index >= 15 is 0 Å². The number of hydrogen-bond acceptors (Lipinski definition) is 3. The third-order valence-electron chi connectivity index (χ3n) is 3.48. The highest BCUT2D eigenvalue weighted by Crippen LogP contribution is 2.26. The van der Waals surface area contributed by atoms with Crippen LogP contribution in [-0.2, 0) is 4.74 Å². The molecule has 0 atom stereocenters. The summed E-state index contributed by atoms with van der Waals surface area (Å²) in [5.74, 6) is -0.547. The van der Waals surface area contributed by atoms with Crippen LogP contribution in [-0.4, -0.2) is 12.6 Å². The Morgan fingerprint density at radius 1 is 1.37 bits per heavy atom. The second-order valence-corrected chi connectivity index (χ2v) is 5.81. The number of nitrogen functional groups attached to an aromatic ring is 1. The molecule has 0 aliphatic heterocycles. The number of rotatable bonds is 3. The van der Waals surface area contributed by atoms with Crippen LogP contribution in [0, 0.1) is 11.7 Å². The Kier molecular flexibility index (Phi) is 4.80. The first-order valence-electron chi connectivity index (χ1n) is 6.49.